The molecule has 0 aliphatic rings. The summed E-state index contributed by atoms with van der Waals surface area (Å²) in [7, 11) is -3.29. The van der Waals surface area contributed by atoms with Gasteiger partial charge in [0.15, 0.2) is 6.35 Å². The third kappa shape index (κ3) is 5.64. The van der Waals surface area contributed by atoms with E-state index in [2.05, 4.69) is 15.9 Å². The van der Waals surface area contributed by atoms with E-state index < -0.39 is 7.37 Å². The summed E-state index contributed by atoms with van der Waals surface area (Å²) in [6.45, 7) is 5.23. The molecule has 2 rings (SSSR count). The lowest BCUT2D eigenvalue weighted by Crippen LogP contribution is -2.00. The van der Waals surface area contributed by atoms with Gasteiger partial charge < -0.3 is 14.7 Å². The molecule has 0 spiro atoms. The lowest BCUT2D eigenvalue weighted by atomic mass is 9.96. The molecule has 0 saturated carbocycles. The number of halogens is 3. The molecule has 0 bridgehead atoms. The van der Waals surface area contributed by atoms with Gasteiger partial charge >= 0.3 is 0 Å². The number of aromatic hydroxyl groups is 1. The summed E-state index contributed by atoms with van der Waals surface area (Å²) in [6, 6.07) is 6.92. The number of rotatable bonds is 6. The van der Waals surface area contributed by atoms with E-state index in [1.807, 2.05) is 26.0 Å². The molecule has 142 valence electrons. The highest BCUT2D eigenvalue weighted by atomic mass is 79.9. The minimum atomic E-state index is -3.29. The van der Waals surface area contributed by atoms with Gasteiger partial charge in [-0.2, -0.15) is 0 Å². The second kappa shape index (κ2) is 8.53. The second-order valence-electron chi connectivity index (χ2n) is 6.54. The fraction of sp³-hybridized carbons (Fsp3) is 0.333. The van der Waals surface area contributed by atoms with E-state index in [1.165, 1.54) is 6.66 Å². The first-order valence-corrected chi connectivity index (χ1v) is 11.7. The smallest absolute Gasteiger partial charge is 0.233 e. The van der Waals surface area contributed by atoms with Crippen molar-refractivity contribution in [2.45, 2.75) is 26.2 Å². The zero-order chi connectivity index (χ0) is 19.6. The molecular weight excluding hydrogens is 462 g/mol. The van der Waals surface area contributed by atoms with Gasteiger partial charge in [-0.05, 0) is 56.7 Å². The molecule has 8 heteroatoms. The molecule has 26 heavy (non-hydrogen) atoms. The van der Waals surface area contributed by atoms with Crippen molar-refractivity contribution in [2.24, 2.45) is 0 Å². The molecule has 4 nitrogen and oxygen atoms in total. The van der Waals surface area contributed by atoms with Crippen LogP contribution in [0.15, 0.2) is 28.7 Å². The van der Waals surface area contributed by atoms with Crippen molar-refractivity contribution in [3.05, 3.63) is 55.5 Å². The Bertz CT molecular complexity index is 842. The van der Waals surface area contributed by atoms with E-state index in [9.17, 15) is 14.6 Å². The van der Waals surface area contributed by atoms with E-state index in [1.54, 1.807) is 12.1 Å². The molecule has 0 aliphatic heterocycles. The highest BCUT2D eigenvalue weighted by Crippen LogP contribution is 2.39. The number of phenolic OH excluding ortho intramolecular Hbond substituents is 1. The number of benzene rings is 2. The zero-order valence-corrected chi connectivity index (χ0v) is 18.6. The van der Waals surface area contributed by atoms with Crippen molar-refractivity contribution < 1.29 is 19.3 Å². The van der Waals surface area contributed by atoms with Crippen molar-refractivity contribution in [3.8, 4) is 11.5 Å². The van der Waals surface area contributed by atoms with Gasteiger partial charge in [0.25, 0.3) is 0 Å². The first-order valence-electron chi connectivity index (χ1n) is 7.89. The summed E-state index contributed by atoms with van der Waals surface area (Å²) >= 11 is 16.1. The maximum Gasteiger partial charge on any atom is 0.233 e. The summed E-state index contributed by atoms with van der Waals surface area (Å²) in [5.41, 5.74) is 2.50. The number of hydrogen-bond donors (Lipinski definition) is 2. The minimum absolute atomic E-state index is 0.163. The van der Waals surface area contributed by atoms with Crippen molar-refractivity contribution in [2.75, 3.05) is 13.0 Å². The van der Waals surface area contributed by atoms with Crippen LogP contribution in [-0.2, 0) is 11.0 Å². The van der Waals surface area contributed by atoms with Gasteiger partial charge in [-0.25, -0.2) is 0 Å². The van der Waals surface area contributed by atoms with Crippen molar-refractivity contribution >= 4 is 46.5 Å². The molecule has 0 radical (unpaired) electrons. The van der Waals surface area contributed by atoms with Gasteiger partial charge in [-0.3, -0.25) is 4.57 Å². The van der Waals surface area contributed by atoms with Crippen molar-refractivity contribution in [1.82, 2.24) is 0 Å². The van der Waals surface area contributed by atoms with Crippen LogP contribution >= 0.6 is 46.5 Å². The predicted octanol–water partition coefficient (Wildman–Crippen LogP) is 6.41. The molecule has 2 N–H and O–H groups in total. The van der Waals surface area contributed by atoms with E-state index in [-0.39, 0.29) is 18.0 Å². The van der Waals surface area contributed by atoms with E-state index >= 15 is 0 Å². The van der Waals surface area contributed by atoms with Crippen LogP contribution in [0.25, 0.3) is 0 Å². The monoisotopic (exact) mass is 480 g/mol. The third-order valence-corrected chi connectivity index (χ3v) is 5.63. The summed E-state index contributed by atoms with van der Waals surface area (Å²) in [4.78, 5) is 9.33. The SMILES string of the molecule is CC(C)c1cc(Cc2c(Cl)cc(OCP(C)(=O)O)cc2Cl)cc(Br)c1O. The Morgan fingerprint density at radius 3 is 2.27 bits per heavy atom. The lowest BCUT2D eigenvalue weighted by molar-refractivity contribution is 0.352. The van der Waals surface area contributed by atoms with Crippen LogP contribution in [0.5, 0.6) is 11.5 Å². The average Bonchev–Trinajstić information content (AvgIpc) is 2.51. The summed E-state index contributed by atoms with van der Waals surface area (Å²) in [5, 5.41) is 11.0. The molecule has 0 saturated heterocycles. The van der Waals surface area contributed by atoms with Crippen LogP contribution in [0, 0.1) is 0 Å². The van der Waals surface area contributed by atoms with E-state index in [0.717, 1.165) is 16.7 Å². The van der Waals surface area contributed by atoms with Gasteiger partial charge in [0.2, 0.25) is 7.37 Å². The second-order valence-corrected chi connectivity index (χ2v) is 10.6. The van der Waals surface area contributed by atoms with Crippen LogP contribution < -0.4 is 4.74 Å². The number of phenols is 1. The van der Waals surface area contributed by atoms with Crippen LogP contribution in [0.1, 0.15) is 36.5 Å². The Labute approximate surface area is 171 Å². The highest BCUT2D eigenvalue weighted by molar-refractivity contribution is 9.10. The fourth-order valence-corrected chi connectivity index (χ4v) is 3.96. The molecule has 1 atom stereocenters. The normalized spacial score (nSPS) is 13.7. The quantitative estimate of drug-likeness (QED) is 0.467. The van der Waals surface area contributed by atoms with Crippen LogP contribution in [0.2, 0.25) is 10.0 Å². The molecule has 0 amide bonds. The maximum atomic E-state index is 11.4. The van der Waals surface area contributed by atoms with Gasteiger partial charge in [-0.1, -0.05) is 43.1 Å². The van der Waals surface area contributed by atoms with Crippen molar-refractivity contribution in [1.29, 1.82) is 0 Å². The third-order valence-electron chi connectivity index (χ3n) is 3.74. The van der Waals surface area contributed by atoms with Gasteiger partial charge in [0.1, 0.15) is 11.5 Å². The van der Waals surface area contributed by atoms with Crippen molar-refractivity contribution in [3.63, 3.8) is 0 Å². The number of hydrogen-bond acceptors (Lipinski definition) is 3. The zero-order valence-electron chi connectivity index (χ0n) is 14.6. The summed E-state index contributed by atoms with van der Waals surface area (Å²) < 4.78 is 17.3. The first-order chi connectivity index (χ1) is 12.0. The van der Waals surface area contributed by atoms with E-state index in [0.29, 0.717) is 26.7 Å². The van der Waals surface area contributed by atoms with Crippen LogP contribution in [0.4, 0.5) is 0 Å². The molecule has 1 unspecified atom stereocenters. The van der Waals surface area contributed by atoms with Crippen LogP contribution in [-0.4, -0.2) is 23.0 Å². The van der Waals surface area contributed by atoms with E-state index in [4.69, 9.17) is 27.9 Å². The Balaban J connectivity index is 2.32. The first kappa shape index (κ1) is 21.6. The molecule has 0 heterocycles. The lowest BCUT2D eigenvalue weighted by Gasteiger charge is -2.15. The fourth-order valence-electron chi connectivity index (χ4n) is 2.45. The standard InChI is InChI=1S/C18H20BrCl2O4P/c1-10(2)13-4-11(6-15(19)18(13)22)5-14-16(20)7-12(8-17(14)21)25-9-26(3,23)24/h4,6-8,10,22H,5,9H2,1-3H3,(H,23,24). The largest absolute Gasteiger partial charge is 0.506 e. The molecule has 2 aromatic carbocycles. The maximum absolute atomic E-state index is 11.4. The number of ether oxygens (including phenoxy) is 1. The molecule has 2 aromatic rings. The topological polar surface area (TPSA) is 66.8 Å². The molecular formula is C18H20BrCl2O4P. The highest BCUT2D eigenvalue weighted by Gasteiger charge is 2.16. The predicted molar refractivity (Wildman–Crippen MR) is 110 cm³/mol. The molecule has 0 aliphatic carbocycles. The van der Waals surface area contributed by atoms with Gasteiger partial charge in [0.05, 0.1) is 4.47 Å². The average molecular weight is 482 g/mol. The Hall–Kier alpha value is -0.710. The minimum Gasteiger partial charge on any atom is -0.506 e. The Morgan fingerprint density at radius 2 is 1.77 bits per heavy atom. The summed E-state index contributed by atoms with van der Waals surface area (Å²) in [6.07, 6.45) is 0.171. The Morgan fingerprint density at radius 1 is 1.19 bits per heavy atom. The van der Waals surface area contributed by atoms with Gasteiger partial charge in [0, 0.05) is 23.1 Å². The molecule has 0 aromatic heterocycles. The van der Waals surface area contributed by atoms with Crippen LogP contribution in [0.3, 0.4) is 0 Å². The molecule has 0 fully saturated rings. The summed E-state index contributed by atoms with van der Waals surface area (Å²) in [5.74, 6) is 0.739. The Kier molecular flexibility index (Phi) is 7.09. The van der Waals surface area contributed by atoms with Gasteiger partial charge in [-0.15, -0.1) is 0 Å².